The number of rotatable bonds is 5. The van der Waals surface area contributed by atoms with Crippen LogP contribution in [0.3, 0.4) is 0 Å². The number of hydrogen-bond acceptors (Lipinski definition) is 3. The molecule has 4 fully saturated rings. The van der Waals surface area contributed by atoms with Gasteiger partial charge in [-0.2, -0.15) is 0 Å². The Bertz CT molecular complexity index is 753. The molecule has 4 saturated carbocycles. The summed E-state index contributed by atoms with van der Waals surface area (Å²) in [7, 11) is -3.56. The van der Waals surface area contributed by atoms with Crippen molar-refractivity contribution in [3.63, 3.8) is 0 Å². The molecule has 2 amide bonds. The van der Waals surface area contributed by atoms with Gasteiger partial charge in [0.25, 0.3) is 0 Å². The van der Waals surface area contributed by atoms with Gasteiger partial charge in [0.2, 0.25) is 10.0 Å². The maximum atomic E-state index is 11.8. The van der Waals surface area contributed by atoms with Crippen molar-refractivity contribution in [2.75, 3.05) is 17.6 Å². The van der Waals surface area contributed by atoms with Gasteiger partial charge in [-0.25, -0.2) is 18.4 Å². The number of carbonyl (C=O) groups excluding carboxylic acids is 1. The van der Waals surface area contributed by atoms with E-state index < -0.39 is 16.1 Å². The minimum absolute atomic E-state index is 0.00394. The molecule has 4 N–H and O–H groups in total. The topological polar surface area (TPSA) is 101 Å². The highest BCUT2D eigenvalue weighted by molar-refractivity contribution is 7.89. The van der Waals surface area contributed by atoms with E-state index in [-0.39, 0.29) is 12.3 Å². The Balaban J connectivity index is 1.37. The summed E-state index contributed by atoms with van der Waals surface area (Å²) in [6.07, 6.45) is 8.24. The lowest BCUT2D eigenvalue weighted by Gasteiger charge is -2.57. The summed E-state index contributed by atoms with van der Waals surface area (Å²) >= 11 is 0. The van der Waals surface area contributed by atoms with E-state index in [1.54, 1.807) is 0 Å². The van der Waals surface area contributed by atoms with Crippen molar-refractivity contribution in [1.82, 2.24) is 5.32 Å². The van der Waals surface area contributed by atoms with Gasteiger partial charge in [0.1, 0.15) is 0 Å². The van der Waals surface area contributed by atoms with E-state index in [0.717, 1.165) is 17.8 Å². The molecule has 0 radical (unpaired) electrons. The fourth-order valence-corrected chi connectivity index (χ4v) is 6.24. The summed E-state index contributed by atoms with van der Waals surface area (Å²) in [5, 5.41) is 10.2. The van der Waals surface area contributed by atoms with Crippen LogP contribution in [-0.2, 0) is 15.4 Å². The van der Waals surface area contributed by atoms with E-state index >= 15 is 0 Å². The molecule has 0 heterocycles. The van der Waals surface area contributed by atoms with E-state index in [4.69, 9.17) is 5.14 Å². The second-order valence-electron chi connectivity index (χ2n) is 8.52. The van der Waals surface area contributed by atoms with E-state index in [0.29, 0.717) is 11.1 Å². The molecule has 0 saturated heterocycles. The Morgan fingerprint density at radius 1 is 1.04 bits per heavy atom. The maximum absolute atomic E-state index is 11.8. The zero-order valence-corrected chi connectivity index (χ0v) is 15.7. The summed E-state index contributed by atoms with van der Waals surface area (Å²) in [4.78, 5) is 11.8. The minimum atomic E-state index is -3.56. The summed E-state index contributed by atoms with van der Waals surface area (Å²) in [6.45, 7) is -0.00394. The first-order valence-electron chi connectivity index (χ1n) is 9.47. The minimum Gasteiger partial charge on any atom is -0.337 e. The van der Waals surface area contributed by atoms with Gasteiger partial charge in [-0.1, -0.05) is 12.1 Å². The highest BCUT2D eigenvalue weighted by Gasteiger charge is 2.51. The van der Waals surface area contributed by atoms with Gasteiger partial charge in [-0.05, 0) is 79.4 Å². The molecule has 4 aliphatic carbocycles. The number of nitrogens with one attached hydrogen (secondary N) is 2. The Labute approximate surface area is 155 Å². The van der Waals surface area contributed by atoms with Gasteiger partial charge < -0.3 is 10.6 Å². The Morgan fingerprint density at radius 3 is 2.08 bits per heavy atom. The fraction of sp³-hybridized carbons (Fsp3) is 0.632. The lowest BCUT2D eigenvalue weighted by atomic mass is 9.48. The van der Waals surface area contributed by atoms with Crippen LogP contribution in [0.4, 0.5) is 10.5 Å². The number of nitrogens with two attached hydrogens (primary N) is 1. The Kier molecular flexibility index (Phi) is 4.47. The summed E-state index contributed by atoms with van der Waals surface area (Å²) in [6, 6.07) is 7.80. The molecule has 1 aromatic carbocycles. The molecule has 0 unspecified atom stereocenters. The van der Waals surface area contributed by atoms with Crippen LogP contribution in [0.15, 0.2) is 24.3 Å². The monoisotopic (exact) mass is 377 g/mol. The van der Waals surface area contributed by atoms with Crippen molar-refractivity contribution < 1.29 is 13.2 Å². The van der Waals surface area contributed by atoms with Gasteiger partial charge in [0, 0.05) is 12.2 Å². The Morgan fingerprint density at radius 2 is 1.58 bits per heavy atom. The van der Waals surface area contributed by atoms with Crippen molar-refractivity contribution in [2.45, 2.75) is 43.9 Å². The van der Waals surface area contributed by atoms with Crippen molar-refractivity contribution in [1.29, 1.82) is 0 Å². The lowest BCUT2D eigenvalue weighted by Crippen LogP contribution is -2.48. The van der Waals surface area contributed by atoms with Crippen LogP contribution in [0, 0.1) is 17.8 Å². The predicted molar refractivity (Wildman–Crippen MR) is 101 cm³/mol. The van der Waals surface area contributed by atoms with Crippen LogP contribution in [0.1, 0.15) is 44.1 Å². The number of anilines is 1. The molecule has 4 bridgehead atoms. The van der Waals surface area contributed by atoms with Crippen LogP contribution in [0.25, 0.3) is 0 Å². The summed E-state index contributed by atoms with van der Waals surface area (Å²) in [5.74, 6) is 2.45. The van der Waals surface area contributed by atoms with E-state index in [2.05, 4.69) is 22.8 Å². The first-order chi connectivity index (χ1) is 12.3. The molecule has 0 aromatic heterocycles. The van der Waals surface area contributed by atoms with Gasteiger partial charge in [0.15, 0.2) is 0 Å². The average molecular weight is 378 g/mol. The highest BCUT2D eigenvalue weighted by Crippen LogP contribution is 2.60. The number of amides is 2. The van der Waals surface area contributed by atoms with Crippen molar-refractivity contribution >= 4 is 21.7 Å². The van der Waals surface area contributed by atoms with Crippen LogP contribution in [0.2, 0.25) is 0 Å². The zero-order valence-electron chi connectivity index (χ0n) is 14.9. The number of primary sulfonamides is 1. The van der Waals surface area contributed by atoms with Crippen molar-refractivity contribution in [2.24, 2.45) is 22.9 Å². The molecule has 0 aliphatic heterocycles. The maximum Gasteiger partial charge on any atom is 0.319 e. The molecule has 142 valence electrons. The van der Waals surface area contributed by atoms with Crippen LogP contribution in [-0.4, -0.2) is 26.7 Å². The highest BCUT2D eigenvalue weighted by atomic mass is 32.2. The third kappa shape index (κ3) is 3.74. The largest absolute Gasteiger partial charge is 0.337 e. The molecule has 26 heavy (non-hydrogen) atoms. The molecule has 5 rings (SSSR count). The normalized spacial score (nSPS) is 32.4. The second kappa shape index (κ2) is 6.53. The van der Waals surface area contributed by atoms with E-state index in [1.807, 2.05) is 12.1 Å². The first kappa shape index (κ1) is 17.8. The standard InChI is InChI=1S/C19H27N3O3S/c20-26(24,25)6-5-21-18(23)22-17-3-1-16(2-4-17)19-10-13-7-14(11-19)9-15(8-13)12-19/h1-4,13-15H,5-12H2,(H2,20,24,25)(H2,21,22,23). The van der Waals surface area contributed by atoms with Crippen LogP contribution in [0.5, 0.6) is 0 Å². The van der Waals surface area contributed by atoms with Crippen molar-refractivity contribution in [3.8, 4) is 0 Å². The molecule has 6 nitrogen and oxygen atoms in total. The second-order valence-corrected chi connectivity index (χ2v) is 10.3. The van der Waals surface area contributed by atoms with Crippen LogP contribution < -0.4 is 15.8 Å². The number of urea groups is 1. The molecule has 0 atom stereocenters. The molecule has 1 aromatic rings. The molecular formula is C19H27N3O3S. The first-order valence-corrected chi connectivity index (χ1v) is 11.2. The molecular weight excluding hydrogens is 350 g/mol. The predicted octanol–water partition coefficient (Wildman–Crippen LogP) is 2.56. The van der Waals surface area contributed by atoms with Gasteiger partial charge in [-0.15, -0.1) is 0 Å². The van der Waals surface area contributed by atoms with Crippen LogP contribution >= 0.6 is 0 Å². The Hall–Kier alpha value is -1.60. The lowest BCUT2D eigenvalue weighted by molar-refractivity contribution is -0.00518. The smallest absolute Gasteiger partial charge is 0.319 e. The molecule has 4 aliphatic rings. The quantitative estimate of drug-likeness (QED) is 0.735. The zero-order chi connectivity index (χ0) is 18.4. The number of benzene rings is 1. The molecule has 0 spiro atoms. The van der Waals surface area contributed by atoms with Gasteiger partial charge in [-0.3, -0.25) is 0 Å². The van der Waals surface area contributed by atoms with E-state index in [9.17, 15) is 13.2 Å². The number of sulfonamides is 1. The SMILES string of the molecule is NS(=O)(=O)CCNC(=O)Nc1ccc(C23CC4CC(CC(C4)C2)C3)cc1. The summed E-state index contributed by atoms with van der Waals surface area (Å²) < 4.78 is 21.8. The van der Waals surface area contributed by atoms with Gasteiger partial charge >= 0.3 is 6.03 Å². The van der Waals surface area contributed by atoms with E-state index in [1.165, 1.54) is 44.1 Å². The number of hydrogen-bond donors (Lipinski definition) is 3. The third-order valence-corrected chi connectivity index (χ3v) is 7.24. The summed E-state index contributed by atoms with van der Waals surface area (Å²) in [5.41, 5.74) is 2.48. The third-order valence-electron chi connectivity index (χ3n) is 6.47. The number of carbonyl (C=O) groups is 1. The van der Waals surface area contributed by atoms with Crippen molar-refractivity contribution in [3.05, 3.63) is 29.8 Å². The van der Waals surface area contributed by atoms with Gasteiger partial charge in [0.05, 0.1) is 5.75 Å². The average Bonchev–Trinajstić information content (AvgIpc) is 2.53. The molecule has 7 heteroatoms. The fourth-order valence-electron chi connectivity index (χ4n) is 5.85.